The highest BCUT2D eigenvalue weighted by Gasteiger charge is 2.31. The molecule has 0 bridgehead atoms. The lowest BCUT2D eigenvalue weighted by molar-refractivity contribution is -0.0250. The summed E-state index contributed by atoms with van der Waals surface area (Å²) in [5.41, 5.74) is 1.40. The summed E-state index contributed by atoms with van der Waals surface area (Å²) in [5.74, 6) is 0.712. The van der Waals surface area contributed by atoms with Gasteiger partial charge in [-0.25, -0.2) is 0 Å². The molecule has 1 aliphatic rings. The number of amides is 1. The number of likely N-dealkylation sites (tertiary alicyclic amines) is 1. The number of nitrogens with zero attached hydrogens (tertiary/aromatic N) is 1. The van der Waals surface area contributed by atoms with E-state index in [1.54, 1.807) is 12.0 Å². The van der Waals surface area contributed by atoms with Gasteiger partial charge in [0, 0.05) is 24.2 Å². The van der Waals surface area contributed by atoms with Gasteiger partial charge in [-0.1, -0.05) is 30.3 Å². The van der Waals surface area contributed by atoms with Crippen molar-refractivity contribution in [3.8, 4) is 16.9 Å². The monoisotopic (exact) mass is 355 g/mol. The van der Waals surface area contributed by atoms with Crippen molar-refractivity contribution in [3.05, 3.63) is 54.1 Å². The van der Waals surface area contributed by atoms with Crippen LogP contribution in [0.1, 0.15) is 29.6 Å². The molecule has 0 aliphatic carbocycles. The fraction of sp³-hybridized carbons (Fsp3) is 0.381. The van der Waals surface area contributed by atoms with Crippen LogP contribution in [0, 0.1) is 0 Å². The quantitative estimate of drug-likeness (QED) is 0.885. The van der Waals surface area contributed by atoms with Gasteiger partial charge in [0.05, 0.1) is 19.3 Å². The number of hydrogen-bond donors (Lipinski definition) is 2. The molecule has 1 aliphatic heterocycles. The van der Waals surface area contributed by atoms with Crippen LogP contribution in [0.25, 0.3) is 11.1 Å². The molecule has 1 fully saturated rings. The van der Waals surface area contributed by atoms with Crippen LogP contribution in [0.15, 0.2) is 48.5 Å². The normalized spacial score (nSPS) is 20.5. The first kappa shape index (κ1) is 18.4. The summed E-state index contributed by atoms with van der Waals surface area (Å²) < 4.78 is 5.42. The van der Waals surface area contributed by atoms with E-state index in [0.29, 0.717) is 37.9 Å². The van der Waals surface area contributed by atoms with Gasteiger partial charge in [-0.3, -0.25) is 4.79 Å². The molecule has 2 aromatic carbocycles. The number of ether oxygens (including phenoxy) is 1. The maximum atomic E-state index is 12.9. The predicted molar refractivity (Wildman–Crippen MR) is 100 cm³/mol. The third kappa shape index (κ3) is 3.89. The molecule has 26 heavy (non-hydrogen) atoms. The van der Waals surface area contributed by atoms with Crippen molar-refractivity contribution in [1.82, 2.24) is 4.90 Å². The molecule has 1 amide bonds. The van der Waals surface area contributed by atoms with Crippen molar-refractivity contribution in [2.24, 2.45) is 0 Å². The molecule has 5 heteroatoms. The van der Waals surface area contributed by atoms with E-state index in [2.05, 4.69) is 0 Å². The fourth-order valence-electron chi connectivity index (χ4n) is 3.43. The van der Waals surface area contributed by atoms with E-state index < -0.39 is 5.60 Å². The molecule has 2 N–H and O–H groups in total. The topological polar surface area (TPSA) is 70.0 Å². The standard InChI is InChI=1S/C21H25NO4/c1-26-19-9-3-2-8-18(19)16-6-4-7-17(14-16)20(24)22-12-5-10-21(25,15-23)11-13-22/h2-4,6-9,14,23,25H,5,10-13,15H2,1H3/t21-/m1/s1. The van der Waals surface area contributed by atoms with E-state index in [1.165, 1.54) is 0 Å². The van der Waals surface area contributed by atoms with E-state index in [0.717, 1.165) is 16.9 Å². The number of benzene rings is 2. The first-order chi connectivity index (χ1) is 12.6. The molecule has 0 spiro atoms. The van der Waals surface area contributed by atoms with Gasteiger partial charge in [-0.15, -0.1) is 0 Å². The second kappa shape index (κ2) is 7.89. The van der Waals surface area contributed by atoms with Gasteiger partial charge in [0.1, 0.15) is 5.75 Å². The van der Waals surface area contributed by atoms with Crippen molar-refractivity contribution >= 4 is 5.91 Å². The Morgan fingerprint density at radius 1 is 1.15 bits per heavy atom. The number of aliphatic hydroxyl groups excluding tert-OH is 1. The molecule has 1 saturated heterocycles. The van der Waals surface area contributed by atoms with Crippen LogP contribution in [-0.4, -0.2) is 53.4 Å². The van der Waals surface area contributed by atoms with Crippen LogP contribution in [-0.2, 0) is 0 Å². The summed E-state index contributed by atoms with van der Waals surface area (Å²) in [7, 11) is 1.63. The zero-order chi connectivity index (χ0) is 18.6. The number of carbonyl (C=O) groups excluding carboxylic acids is 1. The number of methoxy groups -OCH3 is 1. The van der Waals surface area contributed by atoms with Crippen LogP contribution in [0.2, 0.25) is 0 Å². The number of carbonyl (C=O) groups is 1. The lowest BCUT2D eigenvalue weighted by atomic mass is 9.96. The Labute approximate surface area is 153 Å². The molecule has 0 unspecified atom stereocenters. The lowest BCUT2D eigenvalue weighted by Gasteiger charge is -2.24. The summed E-state index contributed by atoms with van der Waals surface area (Å²) in [6, 6.07) is 15.2. The number of rotatable bonds is 4. The summed E-state index contributed by atoms with van der Waals surface area (Å²) in [4.78, 5) is 14.7. The Morgan fingerprint density at radius 3 is 2.73 bits per heavy atom. The Hall–Kier alpha value is -2.37. The van der Waals surface area contributed by atoms with Gasteiger partial charge >= 0.3 is 0 Å². The van der Waals surface area contributed by atoms with Crippen LogP contribution >= 0.6 is 0 Å². The second-order valence-corrected chi connectivity index (χ2v) is 6.81. The average Bonchev–Trinajstić information content (AvgIpc) is 2.90. The first-order valence-electron chi connectivity index (χ1n) is 8.92. The van der Waals surface area contributed by atoms with E-state index in [9.17, 15) is 15.0 Å². The van der Waals surface area contributed by atoms with E-state index >= 15 is 0 Å². The minimum Gasteiger partial charge on any atom is -0.496 e. The van der Waals surface area contributed by atoms with Crippen molar-refractivity contribution in [2.45, 2.75) is 24.9 Å². The number of hydrogen-bond acceptors (Lipinski definition) is 4. The lowest BCUT2D eigenvalue weighted by Crippen LogP contribution is -2.36. The SMILES string of the molecule is COc1ccccc1-c1cccc(C(=O)N2CCC[C@](O)(CO)CC2)c1. The average molecular weight is 355 g/mol. The van der Waals surface area contributed by atoms with Crippen molar-refractivity contribution < 1.29 is 19.7 Å². The molecule has 1 heterocycles. The zero-order valence-electron chi connectivity index (χ0n) is 15.0. The third-order valence-electron chi connectivity index (χ3n) is 5.03. The van der Waals surface area contributed by atoms with Crippen LogP contribution in [0.5, 0.6) is 5.75 Å². The Bertz CT molecular complexity index is 776. The molecule has 2 aromatic rings. The third-order valence-corrected chi connectivity index (χ3v) is 5.03. The molecule has 0 radical (unpaired) electrons. The van der Waals surface area contributed by atoms with E-state index in [1.807, 2.05) is 48.5 Å². The van der Waals surface area contributed by atoms with Crippen LogP contribution in [0.3, 0.4) is 0 Å². The summed E-state index contributed by atoms with van der Waals surface area (Å²) in [6.45, 7) is 0.757. The van der Waals surface area contributed by atoms with Gasteiger partial charge in [0.15, 0.2) is 0 Å². The highest BCUT2D eigenvalue weighted by Crippen LogP contribution is 2.30. The molecular formula is C21H25NO4. The van der Waals surface area contributed by atoms with Crippen molar-refractivity contribution in [2.75, 3.05) is 26.8 Å². The smallest absolute Gasteiger partial charge is 0.253 e. The molecule has 3 rings (SSSR count). The number of para-hydroxylation sites is 1. The predicted octanol–water partition coefficient (Wildman–Crippen LogP) is 2.71. The van der Waals surface area contributed by atoms with Gasteiger partial charge < -0.3 is 19.8 Å². The Kier molecular flexibility index (Phi) is 5.59. The Morgan fingerprint density at radius 2 is 1.96 bits per heavy atom. The summed E-state index contributed by atoms with van der Waals surface area (Å²) in [6.07, 6.45) is 1.57. The van der Waals surface area contributed by atoms with Gasteiger partial charge in [0.2, 0.25) is 0 Å². The largest absolute Gasteiger partial charge is 0.496 e. The highest BCUT2D eigenvalue weighted by atomic mass is 16.5. The van der Waals surface area contributed by atoms with Gasteiger partial charge in [-0.2, -0.15) is 0 Å². The minimum atomic E-state index is -1.08. The van der Waals surface area contributed by atoms with Crippen molar-refractivity contribution in [1.29, 1.82) is 0 Å². The highest BCUT2D eigenvalue weighted by molar-refractivity contribution is 5.95. The number of aliphatic hydroxyl groups is 2. The van der Waals surface area contributed by atoms with Gasteiger partial charge in [-0.05, 0) is 43.0 Å². The maximum absolute atomic E-state index is 12.9. The molecule has 0 saturated carbocycles. The fourth-order valence-corrected chi connectivity index (χ4v) is 3.43. The maximum Gasteiger partial charge on any atom is 0.253 e. The van der Waals surface area contributed by atoms with E-state index in [4.69, 9.17) is 4.74 Å². The molecule has 138 valence electrons. The zero-order valence-corrected chi connectivity index (χ0v) is 15.0. The molecule has 1 atom stereocenters. The van der Waals surface area contributed by atoms with Crippen LogP contribution < -0.4 is 4.74 Å². The molecule has 0 aromatic heterocycles. The molecule has 5 nitrogen and oxygen atoms in total. The van der Waals surface area contributed by atoms with E-state index in [-0.39, 0.29) is 12.5 Å². The van der Waals surface area contributed by atoms with Crippen LogP contribution in [0.4, 0.5) is 0 Å². The van der Waals surface area contributed by atoms with Gasteiger partial charge in [0.25, 0.3) is 5.91 Å². The summed E-state index contributed by atoms with van der Waals surface area (Å²) >= 11 is 0. The first-order valence-corrected chi connectivity index (χ1v) is 8.92. The minimum absolute atomic E-state index is 0.0519. The molecular weight excluding hydrogens is 330 g/mol. The van der Waals surface area contributed by atoms with Crippen molar-refractivity contribution in [3.63, 3.8) is 0 Å². The Balaban J connectivity index is 1.83. The summed E-state index contributed by atoms with van der Waals surface area (Å²) in [5, 5.41) is 19.6. The second-order valence-electron chi connectivity index (χ2n) is 6.81.